The normalized spacial score (nSPS) is 25.2. The lowest BCUT2D eigenvalue weighted by Crippen LogP contribution is -2.70. The van der Waals surface area contributed by atoms with Gasteiger partial charge in [-0.05, 0) is 67.9 Å². The minimum atomic E-state index is -0.992. The number of hydrogen-bond donors (Lipinski definition) is 3. The van der Waals surface area contributed by atoms with Gasteiger partial charge in [0, 0.05) is 69.9 Å². The quantitative estimate of drug-likeness (QED) is 0.344. The Morgan fingerprint density at radius 2 is 1.66 bits per heavy atom. The maximum Gasteiger partial charge on any atom is 0.411 e. The van der Waals surface area contributed by atoms with E-state index in [1.807, 2.05) is 29.2 Å². The molecule has 0 radical (unpaired) electrons. The zero-order valence-electron chi connectivity index (χ0n) is 26.5. The summed E-state index contributed by atoms with van der Waals surface area (Å²) >= 11 is 12.2. The molecule has 4 aliphatic rings. The first-order chi connectivity index (χ1) is 22.7. The number of hydrogen-bond acceptors (Lipinski definition) is 8. The van der Waals surface area contributed by atoms with E-state index in [2.05, 4.69) is 15.1 Å². The fourth-order valence-corrected chi connectivity index (χ4v) is 8.45. The van der Waals surface area contributed by atoms with Crippen molar-refractivity contribution in [3.8, 4) is 5.75 Å². The van der Waals surface area contributed by atoms with Crippen molar-refractivity contribution in [2.45, 2.75) is 81.8 Å². The lowest BCUT2D eigenvalue weighted by atomic mass is 9.84. The van der Waals surface area contributed by atoms with Gasteiger partial charge in [-0.2, -0.15) is 0 Å². The fourth-order valence-electron chi connectivity index (χ4n) is 7.92. The molecule has 3 saturated heterocycles. The molecule has 0 aromatic heterocycles. The number of nitrogens with one attached hydrogen (secondary N) is 1. The SMILES string of the molecule is O=CC[C@@]1(N2CCC(N3CCC(O)CC3)CC2)C[C@H](N2CCc3ccccc3NC2=O)CCN1C(=O)OCc1cc(Cl)c(O)c(Cl)c1. The van der Waals surface area contributed by atoms with E-state index in [1.54, 1.807) is 4.90 Å². The van der Waals surface area contributed by atoms with Gasteiger partial charge in [0.1, 0.15) is 18.6 Å². The lowest BCUT2D eigenvalue weighted by Gasteiger charge is -2.57. The number of benzene rings is 2. The highest BCUT2D eigenvalue weighted by atomic mass is 35.5. The standard InChI is InChI=1S/C34H43Cl2N5O6/c35-28-19-23(20-29(36)31(28)44)22-47-33(46)41-17-8-26(40-16-5-24-3-1-2-4-30(24)37-32(40)45)21-34(41,11-18-42)39-14-6-25(7-15-39)38-12-9-27(43)10-13-38/h1-4,18-20,25-27,43-44H,5-17,21-22H2,(H,37,45)/t26-,34+/m1/s1. The summed E-state index contributed by atoms with van der Waals surface area (Å²) < 4.78 is 5.82. The van der Waals surface area contributed by atoms with Crippen LogP contribution in [-0.2, 0) is 22.6 Å². The van der Waals surface area contributed by atoms with Gasteiger partial charge in [-0.15, -0.1) is 0 Å². The Morgan fingerprint density at radius 1 is 0.979 bits per heavy atom. The highest BCUT2D eigenvalue weighted by Crippen LogP contribution is 2.40. The predicted octanol–water partition coefficient (Wildman–Crippen LogP) is 5.10. The van der Waals surface area contributed by atoms with Gasteiger partial charge in [0.15, 0.2) is 5.75 Å². The minimum Gasteiger partial charge on any atom is -0.505 e. The number of anilines is 1. The van der Waals surface area contributed by atoms with Gasteiger partial charge in [-0.3, -0.25) is 9.80 Å². The summed E-state index contributed by atoms with van der Waals surface area (Å²) in [6, 6.07) is 10.8. The second-order valence-corrected chi connectivity index (χ2v) is 13.9. The molecule has 3 N–H and O–H groups in total. The van der Waals surface area contributed by atoms with Gasteiger partial charge in [-0.25, -0.2) is 9.59 Å². The molecule has 254 valence electrons. The molecule has 2 aromatic carbocycles. The highest BCUT2D eigenvalue weighted by Gasteiger charge is 2.52. The zero-order valence-corrected chi connectivity index (χ0v) is 28.0. The summed E-state index contributed by atoms with van der Waals surface area (Å²) in [5.74, 6) is -0.236. The molecular formula is C34H43Cl2N5O6. The number of para-hydroxylation sites is 1. The predicted molar refractivity (Wildman–Crippen MR) is 179 cm³/mol. The molecule has 0 spiro atoms. The van der Waals surface area contributed by atoms with Crippen molar-refractivity contribution in [2.75, 3.05) is 44.6 Å². The number of aliphatic hydroxyl groups is 1. The van der Waals surface area contributed by atoms with Crippen LogP contribution in [-0.4, -0.2) is 111 Å². The van der Waals surface area contributed by atoms with Crippen LogP contribution >= 0.6 is 23.2 Å². The molecule has 2 aromatic rings. The summed E-state index contributed by atoms with van der Waals surface area (Å²) in [5, 5.41) is 23.2. The number of aliphatic hydroxyl groups excluding tert-OH is 1. The molecule has 4 heterocycles. The van der Waals surface area contributed by atoms with Gasteiger partial charge in [0.25, 0.3) is 0 Å². The van der Waals surface area contributed by atoms with Gasteiger partial charge < -0.3 is 34.9 Å². The van der Waals surface area contributed by atoms with Crippen LogP contribution in [0.3, 0.4) is 0 Å². The van der Waals surface area contributed by atoms with Crippen LogP contribution in [0.5, 0.6) is 5.75 Å². The molecule has 13 heteroatoms. The number of aldehydes is 1. The van der Waals surface area contributed by atoms with Crippen molar-refractivity contribution < 1.29 is 29.3 Å². The number of rotatable bonds is 7. The average molecular weight is 689 g/mol. The average Bonchev–Trinajstić information content (AvgIpc) is 3.24. The third-order valence-electron chi connectivity index (χ3n) is 10.5. The van der Waals surface area contributed by atoms with E-state index in [9.17, 15) is 24.6 Å². The molecule has 6 rings (SSSR count). The molecule has 47 heavy (non-hydrogen) atoms. The second kappa shape index (κ2) is 14.6. The van der Waals surface area contributed by atoms with Crippen molar-refractivity contribution >= 4 is 47.3 Å². The summed E-state index contributed by atoms with van der Waals surface area (Å²) in [4.78, 5) is 48.3. The van der Waals surface area contributed by atoms with E-state index in [1.165, 1.54) is 12.1 Å². The van der Waals surface area contributed by atoms with Crippen LogP contribution < -0.4 is 5.32 Å². The van der Waals surface area contributed by atoms with E-state index in [0.29, 0.717) is 57.0 Å². The lowest BCUT2D eigenvalue weighted by molar-refractivity contribution is -0.128. The van der Waals surface area contributed by atoms with Crippen molar-refractivity contribution in [3.63, 3.8) is 0 Å². The van der Waals surface area contributed by atoms with Crippen molar-refractivity contribution in [1.82, 2.24) is 19.6 Å². The number of carbonyl (C=O) groups excluding carboxylic acids is 3. The van der Waals surface area contributed by atoms with Crippen LogP contribution in [0.15, 0.2) is 36.4 Å². The van der Waals surface area contributed by atoms with E-state index < -0.39 is 11.8 Å². The number of ether oxygens (including phenoxy) is 1. The molecule has 0 unspecified atom stereocenters. The van der Waals surface area contributed by atoms with Gasteiger partial charge >= 0.3 is 12.1 Å². The number of fused-ring (bicyclic) bond motifs is 1. The van der Waals surface area contributed by atoms with Gasteiger partial charge in [0.2, 0.25) is 0 Å². The van der Waals surface area contributed by atoms with E-state index >= 15 is 0 Å². The number of nitrogens with zero attached hydrogens (tertiary/aromatic N) is 4. The Balaban J connectivity index is 1.24. The Morgan fingerprint density at radius 3 is 2.36 bits per heavy atom. The van der Waals surface area contributed by atoms with E-state index in [0.717, 1.165) is 56.3 Å². The largest absolute Gasteiger partial charge is 0.505 e. The monoisotopic (exact) mass is 687 g/mol. The number of piperidine rings is 3. The first kappa shape index (κ1) is 33.8. The fraction of sp³-hybridized carbons (Fsp3) is 0.559. The number of aromatic hydroxyl groups is 1. The van der Waals surface area contributed by atoms with Crippen molar-refractivity contribution in [3.05, 3.63) is 57.6 Å². The molecule has 0 bridgehead atoms. The number of halogens is 2. The van der Waals surface area contributed by atoms with E-state index in [-0.39, 0.29) is 47.0 Å². The zero-order chi connectivity index (χ0) is 33.1. The Labute approximate surface area is 285 Å². The van der Waals surface area contributed by atoms with Crippen molar-refractivity contribution in [2.24, 2.45) is 0 Å². The van der Waals surface area contributed by atoms with Crippen LogP contribution in [0.1, 0.15) is 56.1 Å². The van der Waals surface area contributed by atoms with E-state index in [4.69, 9.17) is 27.9 Å². The summed E-state index contributed by atoms with van der Waals surface area (Å²) in [6.07, 6.45) is 5.07. The van der Waals surface area contributed by atoms with Crippen LogP contribution in [0.2, 0.25) is 10.0 Å². The second-order valence-electron chi connectivity index (χ2n) is 13.1. The number of likely N-dealkylation sites (tertiary alicyclic amines) is 3. The number of amides is 3. The minimum absolute atomic E-state index is 0.0589. The molecule has 3 fully saturated rings. The molecule has 4 aliphatic heterocycles. The first-order valence-corrected chi connectivity index (χ1v) is 17.3. The summed E-state index contributed by atoms with van der Waals surface area (Å²) in [5.41, 5.74) is 1.41. The number of urea groups is 1. The number of carbonyl (C=O) groups is 3. The molecule has 3 amide bonds. The number of phenolic OH excluding ortho intramolecular Hbond substituents is 1. The van der Waals surface area contributed by atoms with Crippen LogP contribution in [0.4, 0.5) is 15.3 Å². The Kier molecular flexibility index (Phi) is 10.5. The maximum absolute atomic E-state index is 14.0. The van der Waals surface area contributed by atoms with Gasteiger partial charge in [-0.1, -0.05) is 41.4 Å². The van der Waals surface area contributed by atoms with Crippen LogP contribution in [0.25, 0.3) is 0 Å². The molecule has 0 saturated carbocycles. The number of phenols is 1. The topological polar surface area (TPSA) is 126 Å². The molecule has 2 atom stereocenters. The highest BCUT2D eigenvalue weighted by molar-refractivity contribution is 6.37. The summed E-state index contributed by atoms with van der Waals surface area (Å²) in [7, 11) is 0. The summed E-state index contributed by atoms with van der Waals surface area (Å²) in [6.45, 7) is 3.79. The first-order valence-electron chi connectivity index (χ1n) is 16.6. The van der Waals surface area contributed by atoms with Crippen molar-refractivity contribution in [1.29, 1.82) is 0 Å². The third-order valence-corrected chi connectivity index (χ3v) is 11.0. The van der Waals surface area contributed by atoms with Gasteiger partial charge in [0.05, 0.1) is 16.1 Å². The van der Waals surface area contributed by atoms with Crippen LogP contribution in [0, 0.1) is 0 Å². The molecular weight excluding hydrogens is 645 g/mol. The maximum atomic E-state index is 14.0. The molecule has 0 aliphatic carbocycles. The molecule has 11 nitrogen and oxygen atoms in total. The third kappa shape index (κ3) is 7.19. The Hall–Kier alpha value is -3.09. The Bertz CT molecular complexity index is 1440. The smallest absolute Gasteiger partial charge is 0.411 e.